The molecule has 0 saturated heterocycles. The third-order valence-corrected chi connectivity index (χ3v) is 3.33. The van der Waals surface area contributed by atoms with Crippen LogP contribution < -0.4 is 9.64 Å². The van der Waals surface area contributed by atoms with Gasteiger partial charge in [0.1, 0.15) is 0 Å². The van der Waals surface area contributed by atoms with Crippen molar-refractivity contribution in [3.05, 3.63) is 40.6 Å². The van der Waals surface area contributed by atoms with Crippen molar-refractivity contribution in [2.24, 2.45) is 0 Å². The molecule has 0 fully saturated rings. The quantitative estimate of drug-likeness (QED) is 0.697. The number of rotatable bonds is 0. The molecule has 0 aliphatic carbocycles. The van der Waals surface area contributed by atoms with E-state index in [0.717, 1.165) is 11.4 Å². The Hall–Kier alpha value is -1.81. The van der Waals surface area contributed by atoms with Crippen LogP contribution in [0.4, 0.5) is 5.69 Å². The Morgan fingerprint density at radius 3 is 2.88 bits per heavy atom. The molecular weight excluding hydrogens is 222 g/mol. The summed E-state index contributed by atoms with van der Waals surface area (Å²) in [5.74, 6) is 1.34. The van der Waals surface area contributed by atoms with Crippen molar-refractivity contribution >= 4 is 22.9 Å². The number of anilines is 1. The van der Waals surface area contributed by atoms with Gasteiger partial charge in [0, 0.05) is 17.8 Å². The SMILES string of the molecule is CN1C(=O)c2cscc2Oc2ccccc21. The van der Waals surface area contributed by atoms with Gasteiger partial charge in [0.25, 0.3) is 5.91 Å². The number of fused-ring (bicyclic) bond motifs is 2. The van der Waals surface area contributed by atoms with Crippen molar-refractivity contribution in [1.82, 2.24) is 0 Å². The minimum Gasteiger partial charge on any atom is -0.453 e. The minimum atomic E-state index is -0.0267. The zero-order valence-corrected chi connectivity index (χ0v) is 9.45. The molecule has 16 heavy (non-hydrogen) atoms. The fourth-order valence-corrected chi connectivity index (χ4v) is 2.47. The van der Waals surface area contributed by atoms with Gasteiger partial charge in [-0.1, -0.05) is 12.1 Å². The predicted molar refractivity (Wildman–Crippen MR) is 63.6 cm³/mol. The predicted octanol–water partition coefficient (Wildman–Crippen LogP) is 3.13. The van der Waals surface area contributed by atoms with Crippen LogP contribution in [0.2, 0.25) is 0 Å². The van der Waals surface area contributed by atoms with Gasteiger partial charge in [0.15, 0.2) is 11.5 Å². The lowest BCUT2D eigenvalue weighted by atomic mass is 10.2. The molecule has 2 aromatic rings. The molecule has 0 saturated carbocycles. The fraction of sp³-hybridized carbons (Fsp3) is 0.0833. The molecule has 4 heteroatoms. The second-order valence-corrected chi connectivity index (χ2v) is 4.33. The first-order valence-electron chi connectivity index (χ1n) is 4.88. The van der Waals surface area contributed by atoms with Crippen LogP contribution in [0, 0.1) is 0 Å². The van der Waals surface area contributed by atoms with Crippen molar-refractivity contribution in [3.8, 4) is 11.5 Å². The average molecular weight is 231 g/mol. The Balaban J connectivity index is 2.23. The first-order valence-corrected chi connectivity index (χ1v) is 5.83. The van der Waals surface area contributed by atoms with Gasteiger partial charge < -0.3 is 9.64 Å². The van der Waals surface area contributed by atoms with Crippen molar-refractivity contribution < 1.29 is 9.53 Å². The molecule has 1 aromatic heterocycles. The van der Waals surface area contributed by atoms with E-state index in [9.17, 15) is 4.79 Å². The maximum atomic E-state index is 12.1. The fourth-order valence-electron chi connectivity index (χ4n) is 1.75. The van der Waals surface area contributed by atoms with Crippen molar-refractivity contribution in [2.45, 2.75) is 0 Å². The zero-order valence-electron chi connectivity index (χ0n) is 8.64. The number of hydrogen-bond acceptors (Lipinski definition) is 3. The van der Waals surface area contributed by atoms with Gasteiger partial charge in [-0.25, -0.2) is 0 Å². The average Bonchev–Trinajstić information content (AvgIpc) is 2.72. The number of hydrogen-bond donors (Lipinski definition) is 0. The van der Waals surface area contributed by atoms with Crippen LogP contribution in [-0.4, -0.2) is 13.0 Å². The number of amides is 1. The van der Waals surface area contributed by atoms with Crippen LogP contribution in [0.1, 0.15) is 10.4 Å². The molecule has 3 rings (SSSR count). The molecule has 3 nitrogen and oxygen atoms in total. The highest BCUT2D eigenvalue weighted by molar-refractivity contribution is 7.08. The van der Waals surface area contributed by atoms with Gasteiger partial charge in [-0.3, -0.25) is 4.79 Å². The molecule has 1 aromatic carbocycles. The smallest absolute Gasteiger partial charge is 0.262 e. The normalized spacial score (nSPS) is 13.8. The summed E-state index contributed by atoms with van der Waals surface area (Å²) in [5, 5.41) is 3.67. The maximum absolute atomic E-state index is 12.1. The highest BCUT2D eigenvalue weighted by Crippen LogP contribution is 2.39. The Morgan fingerprint density at radius 1 is 1.19 bits per heavy atom. The van der Waals surface area contributed by atoms with Gasteiger partial charge in [-0.15, -0.1) is 11.3 Å². The molecule has 0 N–H and O–H groups in total. The second-order valence-electron chi connectivity index (χ2n) is 3.58. The third kappa shape index (κ3) is 1.23. The Labute approximate surface area is 96.9 Å². The Morgan fingerprint density at radius 2 is 2.00 bits per heavy atom. The monoisotopic (exact) mass is 231 g/mol. The van der Waals surface area contributed by atoms with Crippen LogP contribution in [0.15, 0.2) is 35.0 Å². The molecule has 1 aliphatic rings. The third-order valence-electron chi connectivity index (χ3n) is 2.61. The lowest BCUT2D eigenvalue weighted by Gasteiger charge is -2.15. The van der Waals surface area contributed by atoms with E-state index in [-0.39, 0.29) is 5.91 Å². The van der Waals surface area contributed by atoms with E-state index >= 15 is 0 Å². The summed E-state index contributed by atoms with van der Waals surface area (Å²) in [6, 6.07) is 7.54. The van der Waals surface area contributed by atoms with E-state index in [2.05, 4.69) is 0 Å². The van der Waals surface area contributed by atoms with Gasteiger partial charge in [-0.2, -0.15) is 0 Å². The first kappa shape index (κ1) is 9.42. The van der Waals surface area contributed by atoms with Crippen LogP contribution in [0.3, 0.4) is 0 Å². The van der Waals surface area contributed by atoms with E-state index in [0.29, 0.717) is 11.3 Å². The lowest BCUT2D eigenvalue weighted by molar-refractivity contribution is 0.0993. The van der Waals surface area contributed by atoms with Gasteiger partial charge in [0.05, 0.1) is 11.3 Å². The summed E-state index contributed by atoms with van der Waals surface area (Å²) in [6.07, 6.45) is 0. The van der Waals surface area contributed by atoms with Crippen LogP contribution in [0.5, 0.6) is 11.5 Å². The molecule has 80 valence electrons. The largest absolute Gasteiger partial charge is 0.453 e. The first-order chi connectivity index (χ1) is 7.77. The molecule has 1 aliphatic heterocycles. The molecular formula is C12H9NO2S. The summed E-state index contributed by atoms with van der Waals surface area (Å²) >= 11 is 1.47. The Bertz CT molecular complexity index is 562. The van der Waals surface area contributed by atoms with Crippen LogP contribution >= 0.6 is 11.3 Å². The van der Waals surface area contributed by atoms with Gasteiger partial charge >= 0.3 is 0 Å². The zero-order chi connectivity index (χ0) is 11.1. The summed E-state index contributed by atoms with van der Waals surface area (Å²) in [7, 11) is 1.76. The standard InChI is InChI=1S/C12H9NO2S/c1-13-9-4-2-3-5-10(9)15-11-7-16-6-8(11)12(13)14/h2-7H,1H3. The number of ether oxygens (including phenoxy) is 1. The van der Waals surface area contributed by atoms with Crippen molar-refractivity contribution in [2.75, 3.05) is 11.9 Å². The van der Waals surface area contributed by atoms with Crippen LogP contribution in [-0.2, 0) is 0 Å². The number of carbonyl (C=O) groups is 1. The van der Waals surface area contributed by atoms with E-state index in [1.807, 2.05) is 35.0 Å². The maximum Gasteiger partial charge on any atom is 0.262 e. The molecule has 0 bridgehead atoms. The van der Waals surface area contributed by atoms with E-state index < -0.39 is 0 Å². The second kappa shape index (κ2) is 3.35. The molecule has 0 spiro atoms. The van der Waals surface area contributed by atoms with Crippen LogP contribution in [0.25, 0.3) is 0 Å². The summed E-state index contributed by atoms with van der Waals surface area (Å²) < 4.78 is 5.73. The van der Waals surface area contributed by atoms with Gasteiger partial charge in [0.2, 0.25) is 0 Å². The molecule has 0 atom stereocenters. The molecule has 1 amide bonds. The van der Waals surface area contributed by atoms with E-state index in [4.69, 9.17) is 4.74 Å². The lowest BCUT2D eigenvalue weighted by Crippen LogP contribution is -2.24. The van der Waals surface area contributed by atoms with E-state index in [1.54, 1.807) is 11.9 Å². The summed E-state index contributed by atoms with van der Waals surface area (Å²) in [4.78, 5) is 13.7. The van der Waals surface area contributed by atoms with E-state index in [1.165, 1.54) is 11.3 Å². The molecule has 0 unspecified atom stereocenters. The number of carbonyl (C=O) groups excluding carboxylic acids is 1. The molecule has 2 heterocycles. The van der Waals surface area contributed by atoms with Crippen molar-refractivity contribution in [1.29, 1.82) is 0 Å². The number of nitrogens with zero attached hydrogens (tertiary/aromatic N) is 1. The summed E-state index contributed by atoms with van der Waals surface area (Å²) in [6.45, 7) is 0. The Kier molecular flexibility index (Phi) is 1.97. The highest BCUT2D eigenvalue weighted by Gasteiger charge is 2.25. The number of thiophene rings is 1. The summed E-state index contributed by atoms with van der Waals surface area (Å²) in [5.41, 5.74) is 1.43. The highest BCUT2D eigenvalue weighted by atomic mass is 32.1. The van der Waals surface area contributed by atoms with Crippen molar-refractivity contribution in [3.63, 3.8) is 0 Å². The topological polar surface area (TPSA) is 29.5 Å². The minimum absolute atomic E-state index is 0.0267. The number of benzene rings is 1. The molecule has 0 radical (unpaired) electrons. The van der Waals surface area contributed by atoms with Gasteiger partial charge in [-0.05, 0) is 12.1 Å². The number of para-hydroxylation sites is 2.